The lowest BCUT2D eigenvalue weighted by molar-refractivity contribution is -0.110. The Bertz CT molecular complexity index is 1350. The summed E-state index contributed by atoms with van der Waals surface area (Å²) >= 11 is 0. The van der Waals surface area contributed by atoms with E-state index in [1.165, 1.54) is 7.11 Å². The molecule has 9 nitrogen and oxygen atoms in total. The first-order valence-electron chi connectivity index (χ1n) is 11.7. The SMILES string of the molecule is COC(=O)c1ccc2c(c1)NC(=O)C2=C(Nc1ccc(C(=O)N(C)CCN(C)C)cc1)c1cccnc1. The Kier molecular flexibility index (Phi) is 7.64. The molecule has 2 amide bonds. The summed E-state index contributed by atoms with van der Waals surface area (Å²) in [5, 5.41) is 6.19. The fourth-order valence-corrected chi connectivity index (χ4v) is 3.97. The summed E-state index contributed by atoms with van der Waals surface area (Å²) in [5.74, 6) is -0.857. The number of nitrogens with one attached hydrogen (secondary N) is 2. The zero-order valence-electron chi connectivity index (χ0n) is 21.2. The van der Waals surface area contributed by atoms with E-state index in [1.54, 1.807) is 72.9 Å². The van der Waals surface area contributed by atoms with Crippen LogP contribution in [0.2, 0.25) is 0 Å². The van der Waals surface area contributed by atoms with Crippen molar-refractivity contribution < 1.29 is 19.1 Å². The van der Waals surface area contributed by atoms with Gasteiger partial charge in [-0.3, -0.25) is 14.6 Å². The largest absolute Gasteiger partial charge is 0.465 e. The third kappa shape index (κ3) is 5.68. The molecular weight excluding hydrogens is 470 g/mol. The Morgan fingerprint density at radius 3 is 2.35 bits per heavy atom. The van der Waals surface area contributed by atoms with Crippen LogP contribution in [0.1, 0.15) is 31.8 Å². The molecule has 1 aliphatic heterocycles. The van der Waals surface area contributed by atoms with Gasteiger partial charge in [-0.15, -0.1) is 0 Å². The number of carbonyl (C=O) groups excluding carboxylic acids is 3. The summed E-state index contributed by atoms with van der Waals surface area (Å²) in [6, 6.07) is 15.7. The number of ether oxygens (including phenoxy) is 1. The van der Waals surface area contributed by atoms with E-state index in [1.807, 2.05) is 25.1 Å². The number of likely N-dealkylation sites (N-methyl/N-ethyl adjacent to an activating group) is 2. The van der Waals surface area contributed by atoms with Crippen molar-refractivity contribution in [3.8, 4) is 0 Å². The maximum absolute atomic E-state index is 13.1. The van der Waals surface area contributed by atoms with Crippen molar-refractivity contribution >= 4 is 40.4 Å². The first kappa shape index (κ1) is 25.6. The third-order valence-electron chi connectivity index (χ3n) is 6.02. The molecule has 0 unspecified atom stereocenters. The van der Waals surface area contributed by atoms with Gasteiger partial charge in [-0.25, -0.2) is 4.79 Å². The lowest BCUT2D eigenvalue weighted by Gasteiger charge is -2.20. The molecule has 37 heavy (non-hydrogen) atoms. The van der Waals surface area contributed by atoms with E-state index in [4.69, 9.17) is 4.74 Å². The van der Waals surface area contributed by atoms with Crippen LogP contribution in [-0.4, -0.2) is 73.9 Å². The number of hydrogen-bond donors (Lipinski definition) is 2. The molecule has 2 aromatic carbocycles. The molecule has 2 heterocycles. The summed E-state index contributed by atoms with van der Waals surface area (Å²) < 4.78 is 4.80. The number of amides is 2. The second-order valence-corrected chi connectivity index (χ2v) is 8.93. The van der Waals surface area contributed by atoms with Crippen molar-refractivity contribution in [3.05, 3.63) is 89.2 Å². The van der Waals surface area contributed by atoms with E-state index in [0.717, 1.165) is 6.54 Å². The highest BCUT2D eigenvalue weighted by Gasteiger charge is 2.29. The predicted molar refractivity (Wildman–Crippen MR) is 143 cm³/mol. The maximum atomic E-state index is 13.1. The summed E-state index contributed by atoms with van der Waals surface area (Å²) in [6.07, 6.45) is 3.32. The van der Waals surface area contributed by atoms with Crippen LogP contribution in [0, 0.1) is 0 Å². The number of esters is 1. The Morgan fingerprint density at radius 2 is 1.70 bits per heavy atom. The molecule has 9 heteroatoms. The summed E-state index contributed by atoms with van der Waals surface area (Å²) in [5.41, 5.74) is 4.47. The molecule has 0 spiro atoms. The molecule has 0 aliphatic carbocycles. The van der Waals surface area contributed by atoms with E-state index in [2.05, 4.69) is 15.6 Å². The standard InChI is InChI=1S/C28H29N5O4/c1-32(2)14-15-33(3)27(35)18-7-10-21(11-8-18)30-25(20-6-5-13-29-17-20)24-22-12-9-19(28(36)37-4)16-23(22)31-26(24)34/h5-13,16-17,30H,14-15H2,1-4H3,(H,31,34). The third-order valence-corrected chi connectivity index (χ3v) is 6.02. The van der Waals surface area contributed by atoms with Gasteiger partial charge in [0.15, 0.2) is 0 Å². The zero-order valence-corrected chi connectivity index (χ0v) is 21.2. The van der Waals surface area contributed by atoms with Crippen molar-refractivity contribution in [2.75, 3.05) is 52.0 Å². The molecule has 0 saturated carbocycles. The molecule has 1 aromatic heterocycles. The molecule has 190 valence electrons. The highest BCUT2D eigenvalue weighted by Crippen LogP contribution is 2.38. The van der Waals surface area contributed by atoms with Crippen molar-refractivity contribution in [2.45, 2.75) is 0 Å². The average molecular weight is 500 g/mol. The van der Waals surface area contributed by atoms with Crippen molar-refractivity contribution in [3.63, 3.8) is 0 Å². The highest BCUT2D eigenvalue weighted by atomic mass is 16.5. The Hall–Kier alpha value is -4.50. The number of carbonyl (C=O) groups is 3. The smallest absolute Gasteiger partial charge is 0.337 e. The van der Waals surface area contributed by atoms with Crippen LogP contribution >= 0.6 is 0 Å². The minimum absolute atomic E-state index is 0.0651. The highest BCUT2D eigenvalue weighted by molar-refractivity contribution is 6.37. The summed E-state index contributed by atoms with van der Waals surface area (Å²) in [7, 11) is 7.03. The number of anilines is 2. The first-order valence-corrected chi connectivity index (χ1v) is 11.7. The van der Waals surface area contributed by atoms with Gasteiger partial charge in [0.1, 0.15) is 0 Å². The van der Waals surface area contributed by atoms with Gasteiger partial charge < -0.3 is 25.2 Å². The lowest BCUT2D eigenvalue weighted by atomic mass is 9.99. The topological polar surface area (TPSA) is 104 Å². The monoisotopic (exact) mass is 499 g/mol. The van der Waals surface area contributed by atoms with Crippen LogP contribution in [-0.2, 0) is 9.53 Å². The van der Waals surface area contributed by atoms with E-state index in [-0.39, 0.29) is 11.8 Å². The van der Waals surface area contributed by atoms with Gasteiger partial charge in [0.05, 0.1) is 29.6 Å². The van der Waals surface area contributed by atoms with Crippen LogP contribution in [0.25, 0.3) is 11.3 Å². The minimum atomic E-state index is -0.484. The molecule has 2 N–H and O–H groups in total. The van der Waals surface area contributed by atoms with Gasteiger partial charge in [0.2, 0.25) is 0 Å². The number of benzene rings is 2. The molecule has 0 radical (unpaired) electrons. The van der Waals surface area contributed by atoms with Crippen LogP contribution in [0.4, 0.5) is 11.4 Å². The quantitative estimate of drug-likeness (QED) is 0.361. The van der Waals surface area contributed by atoms with E-state index in [0.29, 0.717) is 51.4 Å². The van der Waals surface area contributed by atoms with Crippen LogP contribution in [0.15, 0.2) is 67.0 Å². The summed E-state index contributed by atoms with van der Waals surface area (Å²) in [6.45, 7) is 1.39. The fourth-order valence-electron chi connectivity index (χ4n) is 3.97. The Balaban J connectivity index is 1.67. The first-order chi connectivity index (χ1) is 17.8. The molecular formula is C28H29N5O4. The Morgan fingerprint density at radius 1 is 0.973 bits per heavy atom. The molecule has 4 rings (SSSR count). The number of nitrogens with zero attached hydrogens (tertiary/aromatic N) is 3. The number of pyridine rings is 1. The molecule has 0 bridgehead atoms. The maximum Gasteiger partial charge on any atom is 0.337 e. The Labute approximate surface area is 215 Å². The van der Waals surface area contributed by atoms with Crippen molar-refractivity contribution in [1.29, 1.82) is 0 Å². The van der Waals surface area contributed by atoms with Crippen LogP contribution in [0.5, 0.6) is 0 Å². The second kappa shape index (κ2) is 11.0. The zero-order chi connectivity index (χ0) is 26.5. The fraction of sp³-hybridized carbons (Fsp3) is 0.214. The molecule has 0 saturated heterocycles. The van der Waals surface area contributed by atoms with Gasteiger partial charge in [0, 0.05) is 54.9 Å². The number of hydrogen-bond acceptors (Lipinski definition) is 7. The number of fused-ring (bicyclic) bond motifs is 1. The van der Waals surface area contributed by atoms with Crippen molar-refractivity contribution in [1.82, 2.24) is 14.8 Å². The normalized spacial score (nSPS) is 13.6. The average Bonchev–Trinajstić information content (AvgIpc) is 3.24. The lowest BCUT2D eigenvalue weighted by Crippen LogP contribution is -2.33. The number of methoxy groups -OCH3 is 1. The van der Waals surface area contributed by atoms with E-state index in [9.17, 15) is 14.4 Å². The molecule has 1 aliphatic rings. The minimum Gasteiger partial charge on any atom is -0.465 e. The van der Waals surface area contributed by atoms with Crippen molar-refractivity contribution in [2.24, 2.45) is 0 Å². The van der Waals surface area contributed by atoms with E-state index >= 15 is 0 Å². The van der Waals surface area contributed by atoms with Gasteiger partial charge in [-0.05, 0) is 62.6 Å². The molecule has 0 fully saturated rings. The van der Waals surface area contributed by atoms with Crippen LogP contribution < -0.4 is 10.6 Å². The van der Waals surface area contributed by atoms with Gasteiger partial charge >= 0.3 is 5.97 Å². The van der Waals surface area contributed by atoms with Gasteiger partial charge in [-0.1, -0.05) is 6.07 Å². The predicted octanol–water partition coefficient (Wildman–Crippen LogP) is 3.43. The van der Waals surface area contributed by atoms with E-state index < -0.39 is 5.97 Å². The van der Waals surface area contributed by atoms with Gasteiger partial charge in [-0.2, -0.15) is 0 Å². The number of aromatic nitrogens is 1. The summed E-state index contributed by atoms with van der Waals surface area (Å²) in [4.78, 5) is 45.8. The molecule has 0 atom stereocenters. The second-order valence-electron chi connectivity index (χ2n) is 8.93. The van der Waals surface area contributed by atoms with Gasteiger partial charge in [0.25, 0.3) is 11.8 Å². The number of rotatable bonds is 8. The van der Waals surface area contributed by atoms with Crippen LogP contribution in [0.3, 0.4) is 0 Å². The molecule has 3 aromatic rings.